The Labute approximate surface area is 132 Å². The van der Waals surface area contributed by atoms with E-state index in [-0.39, 0.29) is 11.9 Å². The first-order chi connectivity index (χ1) is 10.8. The molecule has 4 nitrogen and oxygen atoms in total. The van der Waals surface area contributed by atoms with Gasteiger partial charge < -0.3 is 4.90 Å². The number of hydrogen-bond donors (Lipinski definition) is 0. The third-order valence-electron chi connectivity index (χ3n) is 4.05. The van der Waals surface area contributed by atoms with E-state index in [1.165, 1.54) is 4.88 Å². The third kappa shape index (κ3) is 2.27. The van der Waals surface area contributed by atoms with E-state index in [0.717, 1.165) is 30.4 Å². The Bertz CT molecular complexity index is 816. The molecule has 0 bridgehead atoms. The van der Waals surface area contributed by atoms with Crippen molar-refractivity contribution in [2.75, 3.05) is 6.54 Å². The lowest BCUT2D eigenvalue weighted by Gasteiger charge is -2.23. The second-order valence-electron chi connectivity index (χ2n) is 5.42. The minimum absolute atomic E-state index is 0.0193. The summed E-state index contributed by atoms with van der Waals surface area (Å²) in [7, 11) is 0. The largest absolute Gasteiger partial charge is 0.329 e. The number of rotatable bonds is 2. The van der Waals surface area contributed by atoms with E-state index in [4.69, 9.17) is 0 Å². The highest BCUT2D eigenvalue weighted by atomic mass is 32.1. The second-order valence-corrected chi connectivity index (χ2v) is 6.40. The standard InChI is InChI=1S/C17H15N3OS/c21-17(14-11-18-12-5-1-2-6-13(12)19-14)20-9-3-7-15(20)16-8-4-10-22-16/h1-2,4-6,8,10-11,15H,3,7,9H2/t15-/m1/s1. The number of likely N-dealkylation sites (tertiary alicyclic amines) is 1. The first kappa shape index (κ1) is 13.4. The van der Waals surface area contributed by atoms with Crippen LogP contribution in [0.15, 0.2) is 48.0 Å². The summed E-state index contributed by atoms with van der Waals surface area (Å²) in [5, 5.41) is 2.06. The monoisotopic (exact) mass is 309 g/mol. The summed E-state index contributed by atoms with van der Waals surface area (Å²) in [5.74, 6) is -0.0193. The number of benzene rings is 1. The van der Waals surface area contributed by atoms with Crippen LogP contribution in [-0.2, 0) is 0 Å². The molecule has 3 aromatic rings. The van der Waals surface area contributed by atoms with E-state index >= 15 is 0 Å². The van der Waals surface area contributed by atoms with Gasteiger partial charge in [0, 0.05) is 11.4 Å². The maximum atomic E-state index is 12.8. The summed E-state index contributed by atoms with van der Waals surface area (Å²) in [6, 6.07) is 12.0. The van der Waals surface area contributed by atoms with Crippen molar-refractivity contribution in [2.24, 2.45) is 0 Å². The molecule has 3 heterocycles. The Balaban J connectivity index is 1.67. The topological polar surface area (TPSA) is 46.1 Å². The molecule has 5 heteroatoms. The van der Waals surface area contributed by atoms with Crippen LogP contribution in [0.3, 0.4) is 0 Å². The van der Waals surface area contributed by atoms with E-state index in [1.54, 1.807) is 17.5 Å². The second kappa shape index (κ2) is 5.50. The lowest BCUT2D eigenvalue weighted by molar-refractivity contribution is 0.0732. The quantitative estimate of drug-likeness (QED) is 0.725. The first-order valence-electron chi connectivity index (χ1n) is 7.39. The molecular formula is C17H15N3OS. The summed E-state index contributed by atoms with van der Waals surface area (Å²) in [5.41, 5.74) is 2.01. The number of nitrogens with zero attached hydrogens (tertiary/aromatic N) is 3. The van der Waals surface area contributed by atoms with E-state index in [9.17, 15) is 4.79 Å². The molecule has 1 aromatic carbocycles. The van der Waals surface area contributed by atoms with Crippen molar-refractivity contribution < 1.29 is 4.79 Å². The van der Waals surface area contributed by atoms with Gasteiger partial charge in [-0.1, -0.05) is 18.2 Å². The number of fused-ring (bicyclic) bond motifs is 1. The molecule has 22 heavy (non-hydrogen) atoms. The van der Waals surface area contributed by atoms with Crippen molar-refractivity contribution >= 4 is 28.3 Å². The molecule has 0 aliphatic carbocycles. The Hall–Kier alpha value is -2.27. The van der Waals surface area contributed by atoms with Gasteiger partial charge in [-0.2, -0.15) is 0 Å². The van der Waals surface area contributed by atoms with Crippen molar-refractivity contribution in [2.45, 2.75) is 18.9 Å². The zero-order chi connectivity index (χ0) is 14.9. The minimum atomic E-state index is -0.0193. The predicted molar refractivity (Wildman–Crippen MR) is 86.9 cm³/mol. The summed E-state index contributed by atoms with van der Waals surface area (Å²) < 4.78 is 0. The Morgan fingerprint density at radius 3 is 2.86 bits per heavy atom. The maximum absolute atomic E-state index is 12.8. The van der Waals surface area contributed by atoms with Gasteiger partial charge in [0.2, 0.25) is 0 Å². The molecule has 1 aliphatic heterocycles. The number of carbonyl (C=O) groups excluding carboxylic acids is 1. The molecular weight excluding hydrogens is 294 g/mol. The fourth-order valence-electron chi connectivity index (χ4n) is 2.99. The number of amides is 1. The van der Waals surface area contributed by atoms with Crippen molar-refractivity contribution in [1.29, 1.82) is 0 Å². The zero-order valence-corrected chi connectivity index (χ0v) is 12.8. The van der Waals surface area contributed by atoms with E-state index in [1.807, 2.05) is 35.2 Å². The molecule has 0 spiro atoms. The average molecular weight is 309 g/mol. The fraction of sp³-hybridized carbons (Fsp3) is 0.235. The molecule has 1 atom stereocenters. The van der Waals surface area contributed by atoms with Crippen LogP contribution in [-0.4, -0.2) is 27.3 Å². The van der Waals surface area contributed by atoms with Crippen LogP contribution in [0.5, 0.6) is 0 Å². The van der Waals surface area contributed by atoms with Crippen LogP contribution in [0.25, 0.3) is 11.0 Å². The van der Waals surface area contributed by atoms with Gasteiger partial charge in [-0.15, -0.1) is 11.3 Å². The summed E-state index contributed by atoms with van der Waals surface area (Å²) in [4.78, 5) is 24.8. The van der Waals surface area contributed by atoms with Crippen LogP contribution in [0.2, 0.25) is 0 Å². The van der Waals surface area contributed by atoms with E-state index in [2.05, 4.69) is 21.4 Å². The Morgan fingerprint density at radius 1 is 1.18 bits per heavy atom. The van der Waals surface area contributed by atoms with Crippen molar-refractivity contribution in [1.82, 2.24) is 14.9 Å². The molecule has 0 N–H and O–H groups in total. The van der Waals surface area contributed by atoms with Gasteiger partial charge in [0.1, 0.15) is 5.69 Å². The van der Waals surface area contributed by atoms with Crippen LogP contribution >= 0.6 is 11.3 Å². The van der Waals surface area contributed by atoms with E-state index in [0.29, 0.717) is 5.69 Å². The molecule has 0 unspecified atom stereocenters. The molecule has 0 radical (unpaired) electrons. The van der Waals surface area contributed by atoms with Gasteiger partial charge in [-0.05, 0) is 36.4 Å². The maximum Gasteiger partial charge on any atom is 0.274 e. The van der Waals surface area contributed by atoms with Gasteiger partial charge in [0.15, 0.2) is 0 Å². The Kier molecular flexibility index (Phi) is 3.35. The average Bonchev–Trinajstić information content (AvgIpc) is 3.24. The van der Waals surface area contributed by atoms with Gasteiger partial charge in [0.25, 0.3) is 5.91 Å². The normalized spacial score (nSPS) is 18.0. The molecule has 1 fully saturated rings. The zero-order valence-electron chi connectivity index (χ0n) is 12.0. The number of aromatic nitrogens is 2. The predicted octanol–water partition coefficient (Wildman–Crippen LogP) is 3.67. The highest BCUT2D eigenvalue weighted by Gasteiger charge is 2.31. The summed E-state index contributed by atoms with van der Waals surface area (Å²) >= 11 is 1.71. The Morgan fingerprint density at radius 2 is 2.05 bits per heavy atom. The minimum Gasteiger partial charge on any atom is -0.329 e. The van der Waals surface area contributed by atoms with Crippen LogP contribution < -0.4 is 0 Å². The highest BCUT2D eigenvalue weighted by molar-refractivity contribution is 7.10. The number of thiophene rings is 1. The summed E-state index contributed by atoms with van der Waals surface area (Å²) in [6.45, 7) is 0.788. The smallest absolute Gasteiger partial charge is 0.274 e. The first-order valence-corrected chi connectivity index (χ1v) is 8.27. The summed E-state index contributed by atoms with van der Waals surface area (Å²) in [6.07, 6.45) is 3.65. The van der Waals surface area contributed by atoms with Crippen LogP contribution in [0.4, 0.5) is 0 Å². The fourth-order valence-corrected chi connectivity index (χ4v) is 3.87. The highest BCUT2D eigenvalue weighted by Crippen LogP contribution is 2.35. The molecule has 0 saturated carbocycles. The van der Waals surface area contributed by atoms with Crippen LogP contribution in [0.1, 0.15) is 34.2 Å². The lowest BCUT2D eigenvalue weighted by Crippen LogP contribution is -2.31. The molecule has 1 amide bonds. The van der Waals surface area contributed by atoms with Gasteiger partial charge in [-0.25, -0.2) is 4.98 Å². The van der Waals surface area contributed by atoms with Crippen LogP contribution in [0, 0.1) is 0 Å². The van der Waals surface area contributed by atoms with Gasteiger partial charge in [-0.3, -0.25) is 9.78 Å². The number of carbonyl (C=O) groups is 1. The molecule has 4 rings (SSSR count). The SMILES string of the molecule is O=C(c1cnc2ccccc2n1)N1CCC[C@@H]1c1cccs1. The van der Waals surface area contributed by atoms with E-state index < -0.39 is 0 Å². The molecule has 2 aromatic heterocycles. The number of hydrogen-bond acceptors (Lipinski definition) is 4. The van der Waals surface area contributed by atoms with Crippen molar-refractivity contribution in [3.63, 3.8) is 0 Å². The molecule has 1 aliphatic rings. The van der Waals surface area contributed by atoms with Gasteiger partial charge in [0.05, 0.1) is 23.3 Å². The van der Waals surface area contributed by atoms with Crippen molar-refractivity contribution in [3.8, 4) is 0 Å². The molecule has 110 valence electrons. The molecule has 1 saturated heterocycles. The number of para-hydroxylation sites is 2. The van der Waals surface area contributed by atoms with Gasteiger partial charge >= 0.3 is 0 Å². The van der Waals surface area contributed by atoms with Crippen molar-refractivity contribution in [3.05, 3.63) is 58.5 Å². The third-order valence-corrected chi connectivity index (χ3v) is 5.03. The lowest BCUT2D eigenvalue weighted by atomic mass is 10.2.